The number of nitrogen functional groups attached to an aromatic ring is 1. The van der Waals surface area contributed by atoms with Crippen LogP contribution in [0.5, 0.6) is 0 Å². The Hall–Kier alpha value is -5.76. The lowest BCUT2D eigenvalue weighted by Crippen LogP contribution is -2.35. The van der Waals surface area contributed by atoms with Gasteiger partial charge in [-0.2, -0.15) is 5.10 Å². The Morgan fingerprint density at radius 1 is 1.15 bits per heavy atom. The number of nitrogens with one attached hydrogen (secondary N) is 2. The van der Waals surface area contributed by atoms with Gasteiger partial charge in [0.05, 0.1) is 23.0 Å². The van der Waals surface area contributed by atoms with Crippen LogP contribution in [0.1, 0.15) is 47.0 Å². The van der Waals surface area contributed by atoms with Crippen LogP contribution in [0.25, 0.3) is 23.0 Å². The van der Waals surface area contributed by atoms with Crippen molar-refractivity contribution in [3.63, 3.8) is 0 Å². The summed E-state index contributed by atoms with van der Waals surface area (Å²) in [6, 6.07) is 11.5. The summed E-state index contributed by atoms with van der Waals surface area (Å²) in [5, 5.41) is 9.67. The Morgan fingerprint density at radius 2 is 1.90 bits per heavy atom. The molecule has 41 heavy (non-hydrogen) atoms. The molecule has 206 valence electrons. The summed E-state index contributed by atoms with van der Waals surface area (Å²) in [7, 11) is 0. The summed E-state index contributed by atoms with van der Waals surface area (Å²) in [5.74, 6) is 5.22. The van der Waals surface area contributed by atoms with Crippen LogP contribution in [-0.4, -0.2) is 42.5 Å². The Balaban J connectivity index is 1.74. The number of rotatable bonds is 9. The molecule has 11 heteroatoms. The number of amides is 2. The number of carbonyl (C=O) groups is 2. The van der Waals surface area contributed by atoms with Crippen molar-refractivity contribution in [2.24, 2.45) is 0 Å². The first-order valence-corrected chi connectivity index (χ1v) is 12.6. The molecular weight excluding hydrogens is 520 g/mol. The summed E-state index contributed by atoms with van der Waals surface area (Å²) in [4.78, 5) is 47.6. The van der Waals surface area contributed by atoms with E-state index in [0.717, 1.165) is 0 Å². The molecule has 1 atom stereocenters. The van der Waals surface area contributed by atoms with Gasteiger partial charge in [0.15, 0.2) is 17.2 Å². The van der Waals surface area contributed by atoms with Gasteiger partial charge in [-0.1, -0.05) is 49.8 Å². The number of nitrogens with two attached hydrogens (primary N) is 1. The average Bonchev–Trinajstić information content (AvgIpc) is 3.32. The van der Waals surface area contributed by atoms with Crippen LogP contribution in [-0.2, 0) is 4.79 Å². The Bertz CT molecular complexity index is 1790. The zero-order valence-electron chi connectivity index (χ0n) is 22.4. The highest BCUT2D eigenvalue weighted by Gasteiger charge is 2.25. The van der Waals surface area contributed by atoms with Gasteiger partial charge in [0.2, 0.25) is 5.91 Å². The predicted octanol–water partition coefficient (Wildman–Crippen LogP) is 2.70. The standard InChI is InChI=1S/C30H28N8O3/c1-5-22-25(19(3)13-10-11-17-32-24(39)6-2)30(41)37(21-14-8-7-9-15-21)28(35-22)20(4)34-29(40)26-27(31)36-23-16-12-18-33-38(23)26/h5-9,12,14-16,18,20H,1-3,11,17,31H2,4H3,(H,32,39)(H,34,40). The fourth-order valence-electron chi connectivity index (χ4n) is 4.10. The van der Waals surface area contributed by atoms with E-state index in [-0.39, 0.29) is 40.1 Å². The van der Waals surface area contributed by atoms with Gasteiger partial charge in [0.1, 0.15) is 5.82 Å². The largest absolute Gasteiger partial charge is 0.382 e. The molecule has 0 radical (unpaired) electrons. The highest BCUT2D eigenvalue weighted by atomic mass is 16.2. The van der Waals surface area contributed by atoms with E-state index in [1.807, 2.05) is 6.07 Å². The maximum Gasteiger partial charge on any atom is 0.274 e. The molecule has 11 nitrogen and oxygen atoms in total. The summed E-state index contributed by atoms with van der Waals surface area (Å²) >= 11 is 0. The molecule has 0 aliphatic heterocycles. The van der Waals surface area contributed by atoms with Crippen molar-refractivity contribution in [3.8, 4) is 17.5 Å². The number of para-hydroxylation sites is 1. The first-order chi connectivity index (χ1) is 19.8. The van der Waals surface area contributed by atoms with Gasteiger partial charge in [-0.25, -0.2) is 14.5 Å². The molecule has 1 aromatic carbocycles. The summed E-state index contributed by atoms with van der Waals surface area (Å²) < 4.78 is 2.75. The second-order valence-electron chi connectivity index (χ2n) is 8.77. The van der Waals surface area contributed by atoms with Crippen molar-refractivity contribution >= 4 is 34.9 Å². The Morgan fingerprint density at radius 3 is 2.61 bits per heavy atom. The molecule has 0 saturated carbocycles. The molecular formula is C30H28N8O3. The van der Waals surface area contributed by atoms with E-state index in [1.165, 1.54) is 27.4 Å². The number of fused-ring (bicyclic) bond motifs is 1. The third-order valence-corrected chi connectivity index (χ3v) is 5.99. The van der Waals surface area contributed by atoms with Crippen LogP contribution in [0.4, 0.5) is 5.82 Å². The lowest BCUT2D eigenvalue weighted by Gasteiger charge is -2.21. The number of nitrogens with zero attached hydrogens (tertiary/aromatic N) is 5. The number of allylic oxidation sites excluding steroid dienone is 1. The van der Waals surface area contributed by atoms with Crippen LogP contribution >= 0.6 is 0 Å². The molecule has 4 N–H and O–H groups in total. The molecule has 0 saturated heterocycles. The number of anilines is 1. The van der Waals surface area contributed by atoms with Crippen LogP contribution in [0.15, 0.2) is 79.3 Å². The normalized spacial score (nSPS) is 11.1. The first kappa shape index (κ1) is 28.3. The van der Waals surface area contributed by atoms with E-state index in [4.69, 9.17) is 10.7 Å². The third kappa shape index (κ3) is 5.97. The average molecular weight is 549 g/mol. The molecule has 0 fully saturated rings. The van der Waals surface area contributed by atoms with Gasteiger partial charge in [-0.3, -0.25) is 19.0 Å². The number of benzene rings is 1. The molecule has 4 rings (SSSR count). The molecule has 1 unspecified atom stereocenters. The first-order valence-electron chi connectivity index (χ1n) is 12.6. The van der Waals surface area contributed by atoms with Crippen molar-refractivity contribution in [1.82, 2.24) is 34.8 Å². The van der Waals surface area contributed by atoms with E-state index in [1.54, 1.807) is 43.3 Å². The number of hydrogen-bond acceptors (Lipinski definition) is 7. The van der Waals surface area contributed by atoms with Gasteiger partial charge < -0.3 is 16.4 Å². The fraction of sp³-hybridized carbons (Fsp3) is 0.133. The zero-order chi connectivity index (χ0) is 29.5. The van der Waals surface area contributed by atoms with Crippen LogP contribution in [0.2, 0.25) is 0 Å². The lowest BCUT2D eigenvalue weighted by molar-refractivity contribution is -0.116. The monoisotopic (exact) mass is 548 g/mol. The minimum atomic E-state index is -0.760. The predicted molar refractivity (Wildman–Crippen MR) is 158 cm³/mol. The minimum absolute atomic E-state index is 0.0165. The van der Waals surface area contributed by atoms with Gasteiger partial charge in [0, 0.05) is 24.7 Å². The summed E-state index contributed by atoms with van der Waals surface area (Å²) in [6.07, 6.45) is 4.47. The summed E-state index contributed by atoms with van der Waals surface area (Å²) in [6.45, 7) is 13.2. The maximum atomic E-state index is 14.0. The highest BCUT2D eigenvalue weighted by Crippen LogP contribution is 2.21. The van der Waals surface area contributed by atoms with Crippen LogP contribution < -0.4 is 21.9 Å². The van der Waals surface area contributed by atoms with Gasteiger partial charge in [0.25, 0.3) is 11.5 Å². The second-order valence-corrected chi connectivity index (χ2v) is 8.77. The molecule has 3 heterocycles. The minimum Gasteiger partial charge on any atom is -0.382 e. The number of hydrogen-bond donors (Lipinski definition) is 3. The van der Waals surface area contributed by atoms with Crippen molar-refractivity contribution in [1.29, 1.82) is 0 Å². The number of imidazole rings is 1. The highest BCUT2D eigenvalue weighted by molar-refractivity contribution is 5.98. The van der Waals surface area contributed by atoms with Crippen LogP contribution in [0.3, 0.4) is 0 Å². The van der Waals surface area contributed by atoms with Crippen molar-refractivity contribution in [3.05, 3.63) is 108 Å². The third-order valence-electron chi connectivity index (χ3n) is 5.99. The van der Waals surface area contributed by atoms with Crippen molar-refractivity contribution in [2.45, 2.75) is 19.4 Å². The Labute approximate surface area is 236 Å². The Kier molecular flexibility index (Phi) is 8.54. The molecule has 3 aromatic heterocycles. The van der Waals surface area contributed by atoms with E-state index in [9.17, 15) is 14.4 Å². The maximum absolute atomic E-state index is 14.0. The smallest absolute Gasteiger partial charge is 0.274 e. The second kappa shape index (κ2) is 12.4. The molecule has 4 aromatic rings. The van der Waals surface area contributed by atoms with Gasteiger partial charge >= 0.3 is 0 Å². The molecule has 0 aliphatic rings. The molecule has 0 spiro atoms. The van der Waals surface area contributed by atoms with E-state index >= 15 is 0 Å². The SMILES string of the molecule is C=CC(=O)NCCC#CC(=C)c1c(C=C)nc(C(C)NC(=O)c2c(N)nc3cccnn23)n(-c2ccccc2)c1=O. The van der Waals surface area contributed by atoms with Gasteiger partial charge in [-0.15, -0.1) is 0 Å². The van der Waals surface area contributed by atoms with E-state index in [0.29, 0.717) is 24.3 Å². The number of aromatic nitrogens is 5. The fourth-order valence-corrected chi connectivity index (χ4v) is 4.10. The molecule has 0 bridgehead atoms. The van der Waals surface area contributed by atoms with Gasteiger partial charge in [-0.05, 0) is 43.3 Å². The summed E-state index contributed by atoms with van der Waals surface area (Å²) in [5.41, 5.74) is 7.27. The topological polar surface area (TPSA) is 149 Å². The number of carbonyl (C=O) groups excluding carboxylic acids is 2. The van der Waals surface area contributed by atoms with E-state index in [2.05, 4.69) is 52.3 Å². The lowest BCUT2D eigenvalue weighted by atomic mass is 10.1. The zero-order valence-corrected chi connectivity index (χ0v) is 22.4. The quantitative estimate of drug-likeness (QED) is 0.165. The molecule has 2 amide bonds. The molecule has 0 aliphatic carbocycles. The van der Waals surface area contributed by atoms with Crippen molar-refractivity contribution < 1.29 is 9.59 Å². The van der Waals surface area contributed by atoms with Crippen LogP contribution in [0, 0.1) is 11.8 Å². The van der Waals surface area contributed by atoms with E-state index < -0.39 is 17.5 Å². The van der Waals surface area contributed by atoms with Crippen molar-refractivity contribution in [2.75, 3.05) is 12.3 Å².